The summed E-state index contributed by atoms with van der Waals surface area (Å²) in [5.74, 6) is 0. The Kier molecular flexibility index (Phi) is 5.12. The Morgan fingerprint density at radius 1 is 1.56 bits per heavy atom. The van der Waals surface area contributed by atoms with E-state index in [4.69, 9.17) is 9.47 Å². The van der Waals surface area contributed by atoms with Crippen LogP contribution in [0.15, 0.2) is 11.7 Å². The summed E-state index contributed by atoms with van der Waals surface area (Å²) >= 11 is 1.71. The van der Waals surface area contributed by atoms with Crippen molar-refractivity contribution in [3.63, 3.8) is 0 Å². The standard InChI is InChI=1S/C13H22N2O2S/c1-3-15-12(8-11-9-14-10-18-11)13(16-2)4-6-17-7-5-13/h9-10,12,15H,3-8H2,1-2H3. The molecule has 0 bridgehead atoms. The van der Waals surface area contributed by atoms with E-state index in [2.05, 4.69) is 17.2 Å². The van der Waals surface area contributed by atoms with Gasteiger partial charge >= 0.3 is 0 Å². The molecule has 0 spiro atoms. The van der Waals surface area contributed by atoms with Gasteiger partial charge < -0.3 is 14.8 Å². The molecular weight excluding hydrogens is 248 g/mol. The Hall–Kier alpha value is -0.490. The maximum atomic E-state index is 5.88. The van der Waals surface area contributed by atoms with Crippen LogP contribution < -0.4 is 5.32 Å². The quantitative estimate of drug-likeness (QED) is 0.857. The molecule has 18 heavy (non-hydrogen) atoms. The van der Waals surface area contributed by atoms with E-state index >= 15 is 0 Å². The summed E-state index contributed by atoms with van der Waals surface area (Å²) in [5.41, 5.74) is 1.79. The van der Waals surface area contributed by atoms with Gasteiger partial charge in [0.2, 0.25) is 0 Å². The van der Waals surface area contributed by atoms with Gasteiger partial charge in [-0.05, 0) is 6.54 Å². The molecule has 0 radical (unpaired) electrons. The van der Waals surface area contributed by atoms with Crippen LogP contribution in [0.5, 0.6) is 0 Å². The van der Waals surface area contributed by atoms with E-state index < -0.39 is 0 Å². The maximum absolute atomic E-state index is 5.88. The van der Waals surface area contributed by atoms with E-state index in [0.717, 1.165) is 39.0 Å². The largest absolute Gasteiger partial charge is 0.381 e. The van der Waals surface area contributed by atoms with Gasteiger partial charge in [-0.1, -0.05) is 6.92 Å². The zero-order valence-electron chi connectivity index (χ0n) is 11.1. The van der Waals surface area contributed by atoms with Gasteiger partial charge in [-0.2, -0.15) is 0 Å². The molecule has 2 heterocycles. The smallest absolute Gasteiger partial charge is 0.0878 e. The van der Waals surface area contributed by atoms with Gasteiger partial charge in [0.15, 0.2) is 0 Å². The fraction of sp³-hybridized carbons (Fsp3) is 0.769. The normalized spacial score (nSPS) is 20.8. The summed E-state index contributed by atoms with van der Waals surface area (Å²) in [7, 11) is 1.82. The third-order valence-corrected chi connectivity index (χ3v) is 4.52. The van der Waals surface area contributed by atoms with Crippen LogP contribution in [-0.2, 0) is 15.9 Å². The fourth-order valence-electron chi connectivity index (χ4n) is 2.65. The van der Waals surface area contributed by atoms with Crippen LogP contribution in [-0.4, -0.2) is 43.5 Å². The number of hydrogen-bond acceptors (Lipinski definition) is 5. The lowest BCUT2D eigenvalue weighted by Gasteiger charge is -2.42. The molecule has 0 amide bonds. The predicted octanol–water partition coefficient (Wildman–Crippen LogP) is 1.86. The molecule has 1 N–H and O–H groups in total. The summed E-state index contributed by atoms with van der Waals surface area (Å²) in [6.07, 6.45) is 4.85. The van der Waals surface area contributed by atoms with Gasteiger partial charge in [0.05, 0.1) is 11.1 Å². The molecule has 5 heteroatoms. The number of hydrogen-bond donors (Lipinski definition) is 1. The number of nitrogens with one attached hydrogen (secondary N) is 1. The lowest BCUT2D eigenvalue weighted by atomic mass is 9.84. The van der Waals surface area contributed by atoms with Crippen molar-refractivity contribution < 1.29 is 9.47 Å². The molecule has 1 aliphatic heterocycles. The van der Waals surface area contributed by atoms with Crippen molar-refractivity contribution >= 4 is 11.3 Å². The Morgan fingerprint density at radius 2 is 2.33 bits per heavy atom. The van der Waals surface area contributed by atoms with Crippen molar-refractivity contribution in [3.05, 3.63) is 16.6 Å². The summed E-state index contributed by atoms with van der Waals surface area (Å²) in [5, 5.41) is 3.58. The maximum Gasteiger partial charge on any atom is 0.0878 e. The van der Waals surface area contributed by atoms with Crippen molar-refractivity contribution in [2.75, 3.05) is 26.9 Å². The molecule has 0 aromatic carbocycles. The minimum Gasteiger partial charge on any atom is -0.381 e. The average molecular weight is 270 g/mol. The lowest BCUT2D eigenvalue weighted by Crippen LogP contribution is -2.56. The first-order chi connectivity index (χ1) is 8.80. The number of ether oxygens (including phenoxy) is 2. The lowest BCUT2D eigenvalue weighted by molar-refractivity contribution is -0.110. The number of rotatable bonds is 6. The number of thiazole rings is 1. The summed E-state index contributed by atoms with van der Waals surface area (Å²) in [6.45, 7) is 4.68. The van der Waals surface area contributed by atoms with E-state index in [0.29, 0.717) is 6.04 Å². The van der Waals surface area contributed by atoms with Crippen LogP contribution in [0.3, 0.4) is 0 Å². The average Bonchev–Trinajstić information content (AvgIpc) is 2.92. The van der Waals surface area contributed by atoms with Crippen molar-refractivity contribution in [1.82, 2.24) is 10.3 Å². The first-order valence-corrected chi connectivity index (χ1v) is 7.42. The second-order valence-electron chi connectivity index (χ2n) is 4.66. The Morgan fingerprint density at radius 3 is 2.89 bits per heavy atom. The zero-order valence-corrected chi connectivity index (χ0v) is 12.0. The van der Waals surface area contributed by atoms with Crippen molar-refractivity contribution in [2.24, 2.45) is 0 Å². The molecule has 1 atom stereocenters. The molecule has 2 rings (SSSR count). The van der Waals surface area contributed by atoms with Crippen LogP contribution >= 0.6 is 11.3 Å². The summed E-state index contributed by atoms with van der Waals surface area (Å²) < 4.78 is 11.4. The van der Waals surface area contributed by atoms with Gasteiger partial charge in [-0.15, -0.1) is 11.3 Å². The van der Waals surface area contributed by atoms with Crippen molar-refractivity contribution in [1.29, 1.82) is 0 Å². The first kappa shape index (κ1) is 13.9. The van der Waals surface area contributed by atoms with Gasteiger partial charge in [-0.25, -0.2) is 0 Å². The molecule has 1 fully saturated rings. The van der Waals surface area contributed by atoms with Crippen LogP contribution in [0.2, 0.25) is 0 Å². The third-order valence-electron chi connectivity index (χ3n) is 3.72. The first-order valence-electron chi connectivity index (χ1n) is 6.54. The highest BCUT2D eigenvalue weighted by Gasteiger charge is 2.40. The van der Waals surface area contributed by atoms with Crippen LogP contribution in [0.25, 0.3) is 0 Å². The molecule has 4 nitrogen and oxygen atoms in total. The Balaban J connectivity index is 2.10. The van der Waals surface area contributed by atoms with Crippen molar-refractivity contribution in [3.8, 4) is 0 Å². The molecule has 1 unspecified atom stereocenters. The second-order valence-corrected chi connectivity index (χ2v) is 5.63. The third kappa shape index (κ3) is 3.09. The van der Waals surface area contributed by atoms with Gasteiger partial charge in [-0.3, -0.25) is 4.98 Å². The zero-order chi connectivity index (χ0) is 12.8. The Bertz CT molecular complexity index is 337. The monoisotopic (exact) mass is 270 g/mol. The topological polar surface area (TPSA) is 43.4 Å². The molecule has 1 aliphatic rings. The number of methoxy groups -OCH3 is 1. The van der Waals surface area contributed by atoms with Gasteiger partial charge in [0.25, 0.3) is 0 Å². The highest BCUT2D eigenvalue weighted by atomic mass is 32.1. The highest BCUT2D eigenvalue weighted by Crippen LogP contribution is 2.30. The van der Waals surface area contributed by atoms with Crippen LogP contribution in [0.1, 0.15) is 24.6 Å². The molecule has 0 saturated carbocycles. The molecule has 1 saturated heterocycles. The molecule has 1 aromatic rings. The van der Waals surface area contributed by atoms with Crippen LogP contribution in [0, 0.1) is 0 Å². The molecule has 1 aromatic heterocycles. The van der Waals surface area contributed by atoms with Gasteiger partial charge in [0, 0.05) is 56.7 Å². The predicted molar refractivity (Wildman–Crippen MR) is 73.1 cm³/mol. The minimum atomic E-state index is -0.0990. The Labute approximate surface area is 113 Å². The minimum absolute atomic E-state index is 0.0990. The summed E-state index contributed by atoms with van der Waals surface area (Å²) in [6, 6.07) is 0.330. The highest BCUT2D eigenvalue weighted by molar-refractivity contribution is 7.09. The number of likely N-dealkylation sites (N-methyl/N-ethyl adjacent to an activating group) is 1. The van der Waals surface area contributed by atoms with Crippen LogP contribution in [0.4, 0.5) is 0 Å². The number of nitrogens with zero attached hydrogens (tertiary/aromatic N) is 1. The fourth-order valence-corrected chi connectivity index (χ4v) is 3.29. The second kappa shape index (κ2) is 6.61. The SMILES string of the molecule is CCNC(Cc1cncs1)C1(OC)CCOCC1. The molecular formula is C13H22N2O2S. The van der Waals surface area contributed by atoms with E-state index in [9.17, 15) is 0 Å². The van der Waals surface area contributed by atoms with E-state index in [-0.39, 0.29) is 5.60 Å². The summed E-state index contributed by atoms with van der Waals surface area (Å²) in [4.78, 5) is 5.46. The van der Waals surface area contributed by atoms with E-state index in [1.54, 1.807) is 11.3 Å². The van der Waals surface area contributed by atoms with E-state index in [1.165, 1.54) is 4.88 Å². The number of aromatic nitrogens is 1. The van der Waals surface area contributed by atoms with E-state index in [1.807, 2.05) is 18.8 Å². The molecule has 0 aliphatic carbocycles. The van der Waals surface area contributed by atoms with Crippen molar-refractivity contribution in [2.45, 2.75) is 37.8 Å². The molecule has 102 valence electrons. The van der Waals surface area contributed by atoms with Gasteiger partial charge in [0.1, 0.15) is 0 Å².